The molecule has 58 heavy (non-hydrogen) atoms. The highest BCUT2D eigenvalue weighted by Gasteiger charge is 2.39. The molecule has 2 aliphatic rings. The number of carbonyl (C=O) groups excluding carboxylic acids is 8. The summed E-state index contributed by atoms with van der Waals surface area (Å²) < 4.78 is 10.2. The highest BCUT2D eigenvalue weighted by molar-refractivity contribution is 6.02. The Hall–Kier alpha value is -5.74. The van der Waals surface area contributed by atoms with Crippen LogP contribution in [0.25, 0.3) is 0 Å². The van der Waals surface area contributed by atoms with Crippen molar-refractivity contribution < 1.29 is 47.8 Å². The highest BCUT2D eigenvalue weighted by Crippen LogP contribution is 2.27. The number of hydrogen-bond acceptors (Lipinski definition) is 10. The van der Waals surface area contributed by atoms with Gasteiger partial charge in [-0.15, -0.1) is 0 Å². The minimum Gasteiger partial charge on any atom is -0.463 e. The smallest absolute Gasteiger partial charge is 0.408 e. The van der Waals surface area contributed by atoms with E-state index in [0.29, 0.717) is 12.0 Å². The first-order chi connectivity index (χ1) is 27.7. The minimum atomic E-state index is -1.29. The molecule has 1 aromatic rings. The van der Waals surface area contributed by atoms with Gasteiger partial charge in [-0.25, -0.2) is 9.59 Å². The molecule has 0 aromatic heterocycles. The molecule has 1 saturated heterocycles. The number of hydrogen-bond donors (Lipinski definition) is 6. The molecule has 1 aromatic carbocycles. The van der Waals surface area contributed by atoms with Crippen molar-refractivity contribution in [3.63, 3.8) is 0 Å². The second-order valence-electron chi connectivity index (χ2n) is 14.9. The van der Waals surface area contributed by atoms with Crippen LogP contribution >= 0.6 is 0 Å². The highest BCUT2D eigenvalue weighted by atomic mass is 16.5. The molecule has 318 valence electrons. The summed E-state index contributed by atoms with van der Waals surface area (Å²) in [6, 6.07) is 4.59. The lowest BCUT2D eigenvalue weighted by Gasteiger charge is -2.31. The van der Waals surface area contributed by atoms with Gasteiger partial charge in [-0.05, 0) is 75.3 Å². The Morgan fingerprint density at radius 3 is 2.21 bits per heavy atom. The van der Waals surface area contributed by atoms with Crippen LogP contribution in [0.2, 0.25) is 0 Å². The van der Waals surface area contributed by atoms with E-state index < -0.39 is 78.1 Å². The van der Waals surface area contributed by atoms with Crippen molar-refractivity contribution in [2.45, 2.75) is 122 Å². The molecular formula is C41H59N7O10. The number of amides is 7. The van der Waals surface area contributed by atoms with Gasteiger partial charge in [0.2, 0.25) is 29.5 Å². The van der Waals surface area contributed by atoms with Crippen LogP contribution in [0.5, 0.6) is 0 Å². The minimum absolute atomic E-state index is 0.0320. The molecule has 1 aliphatic carbocycles. The van der Waals surface area contributed by atoms with Gasteiger partial charge in [-0.1, -0.05) is 69.5 Å². The van der Waals surface area contributed by atoms with E-state index in [1.54, 1.807) is 37.3 Å². The lowest BCUT2D eigenvalue weighted by Crippen LogP contribution is -2.58. The molecule has 3 rings (SSSR count). The van der Waals surface area contributed by atoms with Crippen molar-refractivity contribution in [1.29, 1.82) is 0 Å². The molecular weight excluding hydrogens is 750 g/mol. The Morgan fingerprint density at radius 2 is 1.57 bits per heavy atom. The van der Waals surface area contributed by atoms with Gasteiger partial charge in [0.15, 0.2) is 0 Å². The summed E-state index contributed by atoms with van der Waals surface area (Å²) in [5.74, 6) is -4.99. The van der Waals surface area contributed by atoms with E-state index in [1.807, 2.05) is 13.8 Å². The van der Waals surface area contributed by atoms with E-state index in [0.717, 1.165) is 38.2 Å². The van der Waals surface area contributed by atoms with Gasteiger partial charge in [0.1, 0.15) is 36.5 Å². The number of alkyl carbamates (subject to hydrolysis) is 1. The van der Waals surface area contributed by atoms with Gasteiger partial charge in [0.25, 0.3) is 5.91 Å². The Bertz CT molecular complexity index is 1660. The summed E-state index contributed by atoms with van der Waals surface area (Å²) in [7, 11) is 0. The predicted molar refractivity (Wildman–Crippen MR) is 212 cm³/mol. The average Bonchev–Trinajstić information content (AvgIpc) is 3.69. The lowest BCUT2D eigenvalue weighted by molar-refractivity contribution is -0.138. The molecule has 1 heterocycles. The molecule has 17 heteroatoms. The average molecular weight is 810 g/mol. The number of ether oxygens (including phenoxy) is 2. The Morgan fingerprint density at radius 1 is 0.862 bits per heavy atom. The lowest BCUT2D eigenvalue weighted by atomic mass is 9.83. The van der Waals surface area contributed by atoms with Crippen LogP contribution in [0.15, 0.2) is 54.3 Å². The second kappa shape index (κ2) is 24.1. The van der Waals surface area contributed by atoms with Gasteiger partial charge in [-0.3, -0.25) is 28.8 Å². The van der Waals surface area contributed by atoms with Crippen LogP contribution in [0.3, 0.4) is 0 Å². The van der Waals surface area contributed by atoms with Crippen molar-refractivity contribution in [2.24, 2.45) is 23.3 Å². The Kier molecular flexibility index (Phi) is 19.4. The van der Waals surface area contributed by atoms with Gasteiger partial charge in [0, 0.05) is 19.0 Å². The molecule has 0 unspecified atom stereocenters. The van der Waals surface area contributed by atoms with Gasteiger partial charge < -0.3 is 47.1 Å². The first kappa shape index (κ1) is 46.6. The van der Waals surface area contributed by atoms with Crippen molar-refractivity contribution >= 4 is 47.5 Å². The summed E-state index contributed by atoms with van der Waals surface area (Å²) in [6.45, 7) is 5.61. The van der Waals surface area contributed by atoms with Crippen LogP contribution in [-0.2, 0) is 49.6 Å². The van der Waals surface area contributed by atoms with E-state index in [2.05, 4.69) is 21.3 Å². The van der Waals surface area contributed by atoms with Crippen molar-refractivity contribution in [3.8, 4) is 0 Å². The monoisotopic (exact) mass is 809 g/mol. The maximum atomic E-state index is 14.1. The van der Waals surface area contributed by atoms with Crippen molar-refractivity contribution in [1.82, 2.24) is 26.2 Å². The predicted octanol–water partition coefficient (Wildman–Crippen LogP) is 2.13. The van der Waals surface area contributed by atoms with E-state index in [1.165, 1.54) is 17.1 Å². The third-order valence-corrected chi connectivity index (χ3v) is 9.86. The Balaban J connectivity index is 1.79. The topological polar surface area (TPSA) is 258 Å². The standard InChI is InChI=1S/C41H59N7O10/c1-4-57-34(50)20-12-11-18-29(46-41(56)58-25-27-14-7-5-8-15-27)37(52)44-30(21-22-33(42)49)40(55)48-23-13-19-32(48)39(54)45-31(24-26(2)3)38(53)47-35(36(43)51)28-16-9-6-10-17-28/h5,7-8,12,14-15,20-21,26,28-29,31-32,35H,4,6,9-11,13,16-19,22-25H2,1-3H3,(H2,42,49)(H2,43,51)(H,44,52)(H,45,54)(H,46,56)(H,47,53)/b20-12+,30-21+/t29-,31-,32-,35-/m0/s1. The fraction of sp³-hybridized carbons (Fsp3) is 0.561. The summed E-state index contributed by atoms with van der Waals surface area (Å²) in [6.07, 6.45) is 7.79. The first-order valence-electron chi connectivity index (χ1n) is 20.0. The summed E-state index contributed by atoms with van der Waals surface area (Å²) in [4.78, 5) is 105. The zero-order valence-electron chi connectivity index (χ0n) is 33.7. The zero-order valence-corrected chi connectivity index (χ0v) is 33.7. The number of rotatable bonds is 21. The molecule has 8 N–H and O–H groups in total. The normalized spacial score (nSPS) is 17.5. The second-order valence-corrected chi connectivity index (χ2v) is 14.9. The fourth-order valence-electron chi connectivity index (χ4n) is 6.97. The maximum absolute atomic E-state index is 14.1. The van der Waals surface area contributed by atoms with Gasteiger partial charge in [0.05, 0.1) is 6.61 Å². The molecule has 0 radical (unpaired) electrons. The van der Waals surface area contributed by atoms with Gasteiger partial charge in [-0.2, -0.15) is 0 Å². The van der Waals surface area contributed by atoms with Crippen LogP contribution in [0.4, 0.5) is 4.79 Å². The number of nitrogens with one attached hydrogen (secondary N) is 4. The molecule has 0 spiro atoms. The number of primary amides is 2. The SMILES string of the molecule is CCOC(=O)/C=C/CC[C@H](NC(=O)OCc1ccccc1)C(=O)N/C(=C/CC(N)=O)C(=O)N1CCC[C@H]1C(=O)N[C@@H](CC(C)C)C(=O)N[C@H](C(N)=O)C1CCCCC1. The van der Waals surface area contributed by atoms with E-state index in [9.17, 15) is 38.4 Å². The van der Waals surface area contributed by atoms with Crippen LogP contribution in [-0.4, -0.2) is 89.7 Å². The number of allylic oxidation sites excluding steroid dienone is 1. The van der Waals surface area contributed by atoms with Crippen LogP contribution < -0.4 is 32.7 Å². The quantitative estimate of drug-likeness (QED) is 0.0779. The van der Waals surface area contributed by atoms with Gasteiger partial charge >= 0.3 is 12.1 Å². The number of nitrogens with zero attached hydrogens (tertiary/aromatic N) is 1. The molecule has 2 fully saturated rings. The molecule has 4 atom stereocenters. The molecule has 17 nitrogen and oxygen atoms in total. The molecule has 1 saturated carbocycles. The third kappa shape index (κ3) is 15.7. The van der Waals surface area contributed by atoms with Crippen molar-refractivity contribution in [2.75, 3.05) is 13.2 Å². The number of nitrogens with two attached hydrogens (primary N) is 2. The molecule has 1 aliphatic heterocycles. The maximum Gasteiger partial charge on any atom is 0.408 e. The molecule has 0 bridgehead atoms. The van der Waals surface area contributed by atoms with Crippen LogP contribution in [0, 0.1) is 11.8 Å². The Labute approximate surface area is 339 Å². The van der Waals surface area contributed by atoms with E-state index in [-0.39, 0.29) is 63.0 Å². The third-order valence-electron chi connectivity index (χ3n) is 9.86. The summed E-state index contributed by atoms with van der Waals surface area (Å²) in [5.41, 5.74) is 11.4. The first-order valence-corrected chi connectivity index (χ1v) is 20.0. The fourth-order valence-corrected chi connectivity index (χ4v) is 6.97. The van der Waals surface area contributed by atoms with Crippen LogP contribution in [0.1, 0.15) is 97.0 Å². The summed E-state index contributed by atoms with van der Waals surface area (Å²) in [5, 5.41) is 10.6. The van der Waals surface area contributed by atoms with E-state index >= 15 is 0 Å². The summed E-state index contributed by atoms with van der Waals surface area (Å²) >= 11 is 0. The molecule has 7 amide bonds. The van der Waals surface area contributed by atoms with E-state index in [4.69, 9.17) is 20.9 Å². The number of carbonyl (C=O) groups is 8. The zero-order chi connectivity index (χ0) is 42.6. The van der Waals surface area contributed by atoms with Crippen molar-refractivity contribution in [3.05, 3.63) is 59.8 Å². The number of benzene rings is 1. The number of likely N-dealkylation sites (tertiary alicyclic amines) is 1. The largest absolute Gasteiger partial charge is 0.463 e. The number of esters is 1.